The highest BCUT2D eigenvalue weighted by molar-refractivity contribution is 6.08. The molecule has 0 radical (unpaired) electrons. The van der Waals surface area contributed by atoms with Crippen LogP contribution in [0.1, 0.15) is 0 Å². The quantitative estimate of drug-likeness (QED) is 0.584. The Morgan fingerprint density at radius 1 is 1.20 bits per heavy atom. The molecule has 0 amide bonds. The molecule has 2 N–H and O–H groups in total. The van der Waals surface area contributed by atoms with E-state index in [1.807, 2.05) is 24.3 Å². The van der Waals surface area contributed by atoms with Gasteiger partial charge in [0.25, 0.3) is 0 Å². The smallest absolute Gasteiger partial charge is 0.339 e. The summed E-state index contributed by atoms with van der Waals surface area (Å²) in [4.78, 5) is 14.1. The molecule has 1 aromatic carbocycles. The van der Waals surface area contributed by atoms with Crippen LogP contribution in [-0.4, -0.2) is 10.1 Å². The monoisotopic (exact) mass is 201 g/mol. The summed E-state index contributed by atoms with van der Waals surface area (Å²) in [7, 11) is 0. The van der Waals surface area contributed by atoms with Crippen molar-refractivity contribution in [1.82, 2.24) is 4.98 Å². The third kappa shape index (κ3) is 1.05. The van der Waals surface area contributed by atoms with Gasteiger partial charge >= 0.3 is 11.6 Å². The maximum absolute atomic E-state index is 11.1. The van der Waals surface area contributed by atoms with Crippen LogP contribution < -0.4 is 5.63 Å². The van der Waals surface area contributed by atoms with Gasteiger partial charge in [0.2, 0.25) is 0 Å². The van der Waals surface area contributed by atoms with Gasteiger partial charge < -0.3 is 14.5 Å². The maximum Gasteiger partial charge on any atom is 0.339 e. The SMILES string of the molecule is O=c1cc2c([nH]c3ccccc32)c(O)o1. The van der Waals surface area contributed by atoms with E-state index in [2.05, 4.69) is 9.40 Å². The van der Waals surface area contributed by atoms with Crippen molar-refractivity contribution in [3.05, 3.63) is 40.8 Å². The average Bonchev–Trinajstić information content (AvgIpc) is 2.57. The molecule has 2 heterocycles. The lowest BCUT2D eigenvalue weighted by Gasteiger charge is -1.91. The van der Waals surface area contributed by atoms with Gasteiger partial charge in [-0.1, -0.05) is 18.2 Å². The third-order valence-electron chi connectivity index (χ3n) is 2.42. The summed E-state index contributed by atoms with van der Waals surface area (Å²) >= 11 is 0. The van der Waals surface area contributed by atoms with Gasteiger partial charge in [0.05, 0.1) is 0 Å². The van der Waals surface area contributed by atoms with Crippen LogP contribution in [0.25, 0.3) is 21.8 Å². The number of para-hydroxylation sites is 1. The Morgan fingerprint density at radius 2 is 2.00 bits per heavy atom. The molecule has 0 aliphatic carbocycles. The molecule has 0 aliphatic rings. The van der Waals surface area contributed by atoms with E-state index in [0.29, 0.717) is 10.9 Å². The third-order valence-corrected chi connectivity index (χ3v) is 2.42. The molecule has 4 nitrogen and oxygen atoms in total. The zero-order valence-electron chi connectivity index (χ0n) is 7.65. The number of rotatable bonds is 0. The number of fused-ring (bicyclic) bond motifs is 3. The number of nitrogens with one attached hydrogen (secondary N) is 1. The Bertz CT molecular complexity index is 708. The zero-order valence-corrected chi connectivity index (χ0v) is 7.65. The molecule has 3 aromatic rings. The van der Waals surface area contributed by atoms with Crippen molar-refractivity contribution in [3.8, 4) is 5.95 Å². The molecule has 2 aromatic heterocycles. The Morgan fingerprint density at radius 3 is 2.87 bits per heavy atom. The predicted molar refractivity (Wildman–Crippen MR) is 56.0 cm³/mol. The minimum Gasteiger partial charge on any atom is -0.479 e. The first kappa shape index (κ1) is 8.11. The second kappa shape index (κ2) is 2.63. The molecule has 0 atom stereocenters. The molecule has 3 rings (SSSR count). The first-order valence-corrected chi connectivity index (χ1v) is 4.49. The molecule has 0 bridgehead atoms. The standard InChI is InChI=1S/C11H7NO3/c13-9-5-7-6-3-1-2-4-8(6)12-10(7)11(14)15-9/h1-5,12,14H. The van der Waals surface area contributed by atoms with E-state index in [-0.39, 0.29) is 5.95 Å². The molecule has 15 heavy (non-hydrogen) atoms. The summed E-state index contributed by atoms with van der Waals surface area (Å²) in [5, 5.41) is 11.0. The van der Waals surface area contributed by atoms with Crippen molar-refractivity contribution in [2.24, 2.45) is 0 Å². The van der Waals surface area contributed by atoms with E-state index >= 15 is 0 Å². The molecule has 0 aliphatic heterocycles. The van der Waals surface area contributed by atoms with Crippen LogP contribution in [0.5, 0.6) is 5.95 Å². The predicted octanol–water partition coefficient (Wildman–Crippen LogP) is 1.98. The van der Waals surface area contributed by atoms with Gasteiger partial charge in [-0.3, -0.25) is 0 Å². The molecule has 4 heteroatoms. The fourth-order valence-electron chi connectivity index (χ4n) is 1.78. The van der Waals surface area contributed by atoms with Gasteiger partial charge in [-0.25, -0.2) is 4.79 Å². The van der Waals surface area contributed by atoms with Gasteiger partial charge in [-0.05, 0) is 6.07 Å². The lowest BCUT2D eigenvalue weighted by atomic mass is 10.2. The number of aromatic nitrogens is 1. The highest BCUT2D eigenvalue weighted by Crippen LogP contribution is 2.28. The highest BCUT2D eigenvalue weighted by Gasteiger charge is 2.09. The average molecular weight is 201 g/mol. The van der Waals surface area contributed by atoms with Crippen LogP contribution >= 0.6 is 0 Å². The molecule has 0 saturated carbocycles. The van der Waals surface area contributed by atoms with Gasteiger partial charge in [0, 0.05) is 22.4 Å². The number of benzene rings is 1. The summed E-state index contributed by atoms with van der Waals surface area (Å²) in [5.74, 6) is -0.367. The number of hydrogen-bond acceptors (Lipinski definition) is 3. The molecule has 0 fully saturated rings. The molecule has 74 valence electrons. The van der Waals surface area contributed by atoms with Crippen molar-refractivity contribution in [2.45, 2.75) is 0 Å². The Hall–Kier alpha value is -2.23. The van der Waals surface area contributed by atoms with Crippen LogP contribution in [0.4, 0.5) is 0 Å². The Labute approximate surface area is 83.8 Å². The summed E-state index contributed by atoms with van der Waals surface area (Å²) in [5.41, 5.74) is 0.768. The van der Waals surface area contributed by atoms with Crippen LogP contribution in [0.2, 0.25) is 0 Å². The van der Waals surface area contributed by atoms with Crippen molar-refractivity contribution in [3.63, 3.8) is 0 Å². The summed E-state index contributed by atoms with van der Waals surface area (Å²) < 4.78 is 4.59. The second-order valence-corrected chi connectivity index (χ2v) is 3.33. The highest BCUT2D eigenvalue weighted by atomic mass is 16.5. The Kier molecular flexibility index (Phi) is 1.42. The van der Waals surface area contributed by atoms with Crippen LogP contribution in [0, 0.1) is 0 Å². The van der Waals surface area contributed by atoms with E-state index in [1.165, 1.54) is 6.07 Å². The van der Waals surface area contributed by atoms with Crippen LogP contribution in [0.3, 0.4) is 0 Å². The Balaban J connectivity index is 2.66. The van der Waals surface area contributed by atoms with Crippen molar-refractivity contribution in [1.29, 1.82) is 0 Å². The minimum atomic E-state index is -0.551. The summed E-state index contributed by atoms with van der Waals surface area (Å²) in [6.07, 6.45) is 0. The van der Waals surface area contributed by atoms with E-state index < -0.39 is 5.63 Å². The van der Waals surface area contributed by atoms with Crippen molar-refractivity contribution >= 4 is 21.8 Å². The molecular formula is C11H7NO3. The first-order valence-electron chi connectivity index (χ1n) is 4.49. The second-order valence-electron chi connectivity index (χ2n) is 3.33. The molecule has 0 saturated heterocycles. The van der Waals surface area contributed by atoms with Crippen molar-refractivity contribution < 1.29 is 9.52 Å². The fourth-order valence-corrected chi connectivity index (χ4v) is 1.78. The lowest BCUT2D eigenvalue weighted by molar-refractivity contribution is 0.316. The van der Waals surface area contributed by atoms with Gasteiger partial charge in [0.1, 0.15) is 5.52 Å². The zero-order chi connectivity index (χ0) is 10.4. The van der Waals surface area contributed by atoms with Crippen LogP contribution in [-0.2, 0) is 0 Å². The van der Waals surface area contributed by atoms with Gasteiger partial charge in [0.15, 0.2) is 0 Å². The molecular weight excluding hydrogens is 194 g/mol. The number of aromatic amines is 1. The minimum absolute atomic E-state index is 0.367. The van der Waals surface area contributed by atoms with E-state index in [9.17, 15) is 9.90 Å². The number of aromatic hydroxyl groups is 1. The maximum atomic E-state index is 11.1. The van der Waals surface area contributed by atoms with E-state index in [4.69, 9.17) is 0 Å². The van der Waals surface area contributed by atoms with E-state index in [1.54, 1.807) is 0 Å². The van der Waals surface area contributed by atoms with Gasteiger partial charge in [-0.15, -0.1) is 0 Å². The first-order chi connectivity index (χ1) is 7.25. The van der Waals surface area contributed by atoms with E-state index in [0.717, 1.165) is 10.9 Å². The summed E-state index contributed by atoms with van der Waals surface area (Å²) in [6, 6.07) is 8.88. The lowest BCUT2D eigenvalue weighted by Crippen LogP contribution is -1.94. The fraction of sp³-hybridized carbons (Fsp3) is 0. The molecule has 0 unspecified atom stereocenters. The number of hydrogen-bond donors (Lipinski definition) is 2. The topological polar surface area (TPSA) is 66.2 Å². The number of H-pyrrole nitrogens is 1. The van der Waals surface area contributed by atoms with Gasteiger partial charge in [-0.2, -0.15) is 0 Å². The van der Waals surface area contributed by atoms with Crippen molar-refractivity contribution in [2.75, 3.05) is 0 Å². The summed E-state index contributed by atoms with van der Waals surface area (Å²) in [6.45, 7) is 0. The normalized spacial score (nSPS) is 11.2. The largest absolute Gasteiger partial charge is 0.479 e. The molecule has 0 spiro atoms. The van der Waals surface area contributed by atoms with Crippen LogP contribution in [0.15, 0.2) is 39.5 Å².